The van der Waals surface area contributed by atoms with E-state index in [-0.39, 0.29) is 4.90 Å². The lowest BCUT2D eigenvalue weighted by Crippen LogP contribution is -2.15. The van der Waals surface area contributed by atoms with Gasteiger partial charge in [0, 0.05) is 5.69 Å². The molecule has 5 heteroatoms. The van der Waals surface area contributed by atoms with Crippen molar-refractivity contribution in [3.63, 3.8) is 0 Å². The summed E-state index contributed by atoms with van der Waals surface area (Å²) in [5, 5.41) is 0. The lowest BCUT2D eigenvalue weighted by molar-refractivity contribution is 0.600. The number of nitrogens with one attached hydrogen (secondary N) is 1. The molecule has 4 nitrogen and oxygen atoms in total. The highest BCUT2D eigenvalue weighted by Gasteiger charge is 2.18. The molecule has 0 spiro atoms. The van der Waals surface area contributed by atoms with Gasteiger partial charge in [0.2, 0.25) is 0 Å². The van der Waals surface area contributed by atoms with Crippen LogP contribution in [0.4, 0.5) is 11.4 Å². The molecular weight excluding hydrogens is 272 g/mol. The molecule has 0 unspecified atom stereocenters. The molecule has 0 fully saturated rings. The topological polar surface area (TPSA) is 72.2 Å². The molecule has 20 heavy (non-hydrogen) atoms. The van der Waals surface area contributed by atoms with Crippen molar-refractivity contribution < 1.29 is 8.42 Å². The summed E-state index contributed by atoms with van der Waals surface area (Å²) >= 11 is 0. The Morgan fingerprint density at radius 3 is 2.35 bits per heavy atom. The third kappa shape index (κ3) is 2.77. The summed E-state index contributed by atoms with van der Waals surface area (Å²) in [6.07, 6.45) is 0. The first-order valence-electron chi connectivity index (χ1n) is 6.26. The maximum absolute atomic E-state index is 12.4. The number of hydrogen-bond donors (Lipinski definition) is 2. The summed E-state index contributed by atoms with van der Waals surface area (Å²) in [5.74, 6) is 0. The number of aryl methyl sites for hydroxylation is 2. The Labute approximate surface area is 119 Å². The average Bonchev–Trinajstić information content (AvgIpc) is 2.34. The van der Waals surface area contributed by atoms with Gasteiger partial charge in [-0.25, -0.2) is 8.42 Å². The Kier molecular flexibility index (Phi) is 3.72. The maximum Gasteiger partial charge on any atom is 0.262 e. The second-order valence-electron chi connectivity index (χ2n) is 4.88. The van der Waals surface area contributed by atoms with Crippen LogP contribution < -0.4 is 10.5 Å². The highest BCUT2D eigenvalue weighted by atomic mass is 32.2. The van der Waals surface area contributed by atoms with Gasteiger partial charge in [0.05, 0.1) is 10.6 Å². The molecule has 0 radical (unpaired) electrons. The molecule has 0 saturated carbocycles. The number of rotatable bonds is 3. The molecule has 0 aliphatic rings. The highest BCUT2D eigenvalue weighted by molar-refractivity contribution is 7.92. The van der Waals surface area contributed by atoms with E-state index in [0.29, 0.717) is 16.9 Å². The van der Waals surface area contributed by atoms with Crippen molar-refractivity contribution in [2.75, 3.05) is 10.5 Å². The monoisotopic (exact) mass is 290 g/mol. The van der Waals surface area contributed by atoms with Crippen molar-refractivity contribution in [1.82, 2.24) is 0 Å². The minimum absolute atomic E-state index is 0.243. The van der Waals surface area contributed by atoms with Crippen LogP contribution in [-0.4, -0.2) is 8.42 Å². The van der Waals surface area contributed by atoms with Crippen LogP contribution in [0, 0.1) is 20.8 Å². The number of sulfonamides is 1. The summed E-state index contributed by atoms with van der Waals surface area (Å²) in [4.78, 5) is 0.243. The van der Waals surface area contributed by atoms with E-state index in [9.17, 15) is 8.42 Å². The van der Waals surface area contributed by atoms with Gasteiger partial charge in [-0.3, -0.25) is 4.72 Å². The molecular formula is C15H18N2O2S. The molecule has 0 aromatic heterocycles. The van der Waals surface area contributed by atoms with Crippen LogP contribution in [0.15, 0.2) is 41.3 Å². The van der Waals surface area contributed by atoms with Gasteiger partial charge in [0.25, 0.3) is 10.0 Å². The molecule has 106 valence electrons. The summed E-state index contributed by atoms with van der Waals surface area (Å²) in [5.41, 5.74) is 9.39. The molecule has 0 bridgehead atoms. The van der Waals surface area contributed by atoms with Crippen LogP contribution in [0.1, 0.15) is 16.7 Å². The molecule has 0 atom stereocenters. The Hall–Kier alpha value is -2.01. The molecule has 3 N–H and O–H groups in total. The highest BCUT2D eigenvalue weighted by Crippen LogP contribution is 2.24. The third-order valence-corrected chi connectivity index (χ3v) is 4.86. The minimum Gasteiger partial charge on any atom is -0.399 e. The first kappa shape index (κ1) is 14.4. The number of nitrogen functional groups attached to an aromatic ring is 1. The third-order valence-electron chi connectivity index (χ3n) is 3.34. The summed E-state index contributed by atoms with van der Waals surface area (Å²) in [6.45, 7) is 5.57. The second-order valence-corrected chi connectivity index (χ2v) is 6.53. The van der Waals surface area contributed by atoms with Crippen LogP contribution in [0.2, 0.25) is 0 Å². The van der Waals surface area contributed by atoms with Gasteiger partial charge < -0.3 is 5.73 Å². The molecule has 0 heterocycles. The Balaban J connectivity index is 2.44. The van der Waals surface area contributed by atoms with Crippen LogP contribution in [0.25, 0.3) is 0 Å². The Morgan fingerprint density at radius 1 is 1.00 bits per heavy atom. The summed E-state index contributed by atoms with van der Waals surface area (Å²) in [6, 6.07) is 10.3. The lowest BCUT2D eigenvalue weighted by Gasteiger charge is -2.13. The van der Waals surface area contributed by atoms with Gasteiger partial charge in [-0.2, -0.15) is 0 Å². The van der Waals surface area contributed by atoms with E-state index in [1.54, 1.807) is 25.1 Å². The van der Waals surface area contributed by atoms with Gasteiger partial charge in [0.1, 0.15) is 0 Å². The van der Waals surface area contributed by atoms with Crippen molar-refractivity contribution in [2.45, 2.75) is 25.7 Å². The Morgan fingerprint density at radius 2 is 1.70 bits per heavy atom. The van der Waals surface area contributed by atoms with Crippen molar-refractivity contribution in [1.29, 1.82) is 0 Å². The van der Waals surface area contributed by atoms with Gasteiger partial charge >= 0.3 is 0 Å². The largest absolute Gasteiger partial charge is 0.399 e. The SMILES string of the molecule is Cc1cc(N)ccc1S(=O)(=O)Nc1cccc(C)c1C. The van der Waals surface area contributed by atoms with Gasteiger partial charge in [-0.05, 0) is 61.7 Å². The fourth-order valence-corrected chi connectivity index (χ4v) is 3.39. The van der Waals surface area contributed by atoms with Crippen molar-refractivity contribution >= 4 is 21.4 Å². The number of nitrogens with two attached hydrogens (primary N) is 1. The van der Waals surface area contributed by atoms with E-state index in [2.05, 4.69) is 4.72 Å². The first-order chi connectivity index (χ1) is 9.31. The fourth-order valence-electron chi connectivity index (χ4n) is 2.04. The fraction of sp³-hybridized carbons (Fsp3) is 0.200. The number of anilines is 2. The van der Waals surface area contributed by atoms with Crippen LogP contribution in [0.5, 0.6) is 0 Å². The van der Waals surface area contributed by atoms with E-state index in [0.717, 1.165) is 11.1 Å². The smallest absolute Gasteiger partial charge is 0.262 e. The molecule has 0 aliphatic heterocycles. The standard InChI is InChI=1S/C15H18N2O2S/c1-10-5-4-6-14(12(10)3)17-20(18,19)15-8-7-13(16)9-11(15)2/h4-9,17H,16H2,1-3H3. The van der Waals surface area contributed by atoms with Crippen LogP contribution in [-0.2, 0) is 10.0 Å². The van der Waals surface area contributed by atoms with Gasteiger partial charge in [-0.1, -0.05) is 12.1 Å². The average molecular weight is 290 g/mol. The zero-order chi connectivity index (χ0) is 14.9. The number of hydrogen-bond acceptors (Lipinski definition) is 3. The van der Waals surface area contributed by atoms with Gasteiger partial charge in [-0.15, -0.1) is 0 Å². The van der Waals surface area contributed by atoms with Crippen molar-refractivity contribution in [2.24, 2.45) is 0 Å². The van der Waals surface area contributed by atoms with Crippen molar-refractivity contribution in [3.8, 4) is 0 Å². The second kappa shape index (κ2) is 5.17. The Bertz CT molecular complexity index is 752. The van der Waals surface area contributed by atoms with E-state index in [1.165, 1.54) is 6.07 Å². The van der Waals surface area contributed by atoms with E-state index in [1.807, 2.05) is 26.0 Å². The summed E-state index contributed by atoms with van der Waals surface area (Å²) < 4.78 is 27.5. The molecule has 2 rings (SSSR count). The zero-order valence-corrected chi connectivity index (χ0v) is 12.6. The number of benzene rings is 2. The lowest BCUT2D eigenvalue weighted by atomic mass is 10.1. The van der Waals surface area contributed by atoms with Crippen LogP contribution in [0.3, 0.4) is 0 Å². The minimum atomic E-state index is -3.61. The van der Waals surface area contributed by atoms with Crippen LogP contribution >= 0.6 is 0 Å². The van der Waals surface area contributed by atoms with E-state index in [4.69, 9.17) is 5.73 Å². The quantitative estimate of drug-likeness (QED) is 0.854. The normalized spacial score (nSPS) is 11.3. The molecule has 0 amide bonds. The predicted molar refractivity (Wildman–Crippen MR) is 82.3 cm³/mol. The van der Waals surface area contributed by atoms with Crippen molar-refractivity contribution in [3.05, 3.63) is 53.1 Å². The van der Waals surface area contributed by atoms with E-state index < -0.39 is 10.0 Å². The zero-order valence-electron chi connectivity index (χ0n) is 11.8. The summed E-state index contributed by atoms with van der Waals surface area (Å²) in [7, 11) is -3.61. The van der Waals surface area contributed by atoms with E-state index >= 15 is 0 Å². The molecule has 2 aromatic carbocycles. The molecule has 0 saturated heterocycles. The predicted octanol–water partition coefficient (Wildman–Crippen LogP) is 2.99. The van der Waals surface area contributed by atoms with Gasteiger partial charge in [0.15, 0.2) is 0 Å². The first-order valence-corrected chi connectivity index (χ1v) is 7.75. The molecule has 2 aromatic rings. The maximum atomic E-state index is 12.4. The molecule has 0 aliphatic carbocycles.